The van der Waals surface area contributed by atoms with Crippen LogP contribution in [0, 0.1) is 0 Å². The van der Waals surface area contributed by atoms with Crippen molar-refractivity contribution in [1.82, 2.24) is 20.2 Å². The molecular weight excluding hydrogens is 435 g/mol. The first kappa shape index (κ1) is 24.3. The summed E-state index contributed by atoms with van der Waals surface area (Å²) in [4.78, 5) is 34.1. The number of methoxy groups -OCH3 is 1. The van der Waals surface area contributed by atoms with E-state index in [0.29, 0.717) is 6.54 Å². The molecule has 2 amide bonds. The van der Waals surface area contributed by atoms with E-state index in [1.54, 1.807) is 18.0 Å². The van der Waals surface area contributed by atoms with E-state index in [2.05, 4.69) is 20.0 Å². The van der Waals surface area contributed by atoms with Crippen molar-refractivity contribution in [3.05, 3.63) is 36.3 Å². The molecule has 182 valence electrons. The lowest BCUT2D eigenvalue weighted by Gasteiger charge is -2.32. The molecule has 2 aliphatic heterocycles. The van der Waals surface area contributed by atoms with Gasteiger partial charge in [0.05, 0.1) is 36.2 Å². The number of ether oxygens (including phenoxy) is 1. The van der Waals surface area contributed by atoms with E-state index in [9.17, 15) is 9.59 Å². The van der Waals surface area contributed by atoms with Gasteiger partial charge in [0, 0.05) is 6.54 Å². The highest BCUT2D eigenvalue weighted by atomic mass is 16.7. The van der Waals surface area contributed by atoms with E-state index >= 15 is 0 Å². The molecule has 2 saturated heterocycles. The maximum absolute atomic E-state index is 12.9. The maximum Gasteiger partial charge on any atom is 0.494 e. The summed E-state index contributed by atoms with van der Waals surface area (Å²) in [6.07, 6.45) is 2.85. The Labute approximate surface area is 200 Å². The lowest BCUT2D eigenvalue weighted by molar-refractivity contribution is -0.134. The predicted octanol–water partition coefficient (Wildman–Crippen LogP) is 2.78. The van der Waals surface area contributed by atoms with Gasteiger partial charge in [-0.05, 0) is 58.5 Å². The van der Waals surface area contributed by atoms with Gasteiger partial charge in [-0.25, -0.2) is 9.78 Å². The number of amides is 2. The number of rotatable bonds is 5. The van der Waals surface area contributed by atoms with E-state index in [1.807, 2.05) is 52.0 Å². The Hall–Kier alpha value is -2.85. The summed E-state index contributed by atoms with van der Waals surface area (Å²) >= 11 is 0. The van der Waals surface area contributed by atoms with Crippen molar-refractivity contribution in [2.24, 2.45) is 0 Å². The minimum atomic E-state index is -0.676. The van der Waals surface area contributed by atoms with Crippen LogP contribution < -0.4 is 10.8 Å². The molecule has 0 spiro atoms. The molecule has 2 fully saturated rings. The molecule has 0 bridgehead atoms. The number of aromatic nitrogens is 2. The lowest BCUT2D eigenvalue weighted by Crippen LogP contribution is -2.46. The number of hydrogen-bond donors (Lipinski definition) is 2. The van der Waals surface area contributed by atoms with Gasteiger partial charge in [-0.1, -0.05) is 24.3 Å². The number of aromatic amines is 1. The summed E-state index contributed by atoms with van der Waals surface area (Å²) in [7, 11) is 0.868. The van der Waals surface area contributed by atoms with Gasteiger partial charge >= 0.3 is 13.2 Å². The number of hydrogen-bond acceptors (Lipinski definition) is 6. The first-order valence-electron chi connectivity index (χ1n) is 11.7. The van der Waals surface area contributed by atoms with Crippen LogP contribution >= 0.6 is 0 Å². The van der Waals surface area contributed by atoms with E-state index in [1.165, 1.54) is 7.11 Å². The number of benzene rings is 1. The largest absolute Gasteiger partial charge is 0.494 e. The SMILES string of the molecule is COC(=O)N[C@H](C)C(=O)N1CCC[C@H]1c1ncc(-c2ccc(B3OC(C)(C)C(C)(C)O3)cc2)[nH]1. The predicted molar refractivity (Wildman–Crippen MR) is 128 cm³/mol. The molecule has 9 nitrogen and oxygen atoms in total. The molecule has 1 aromatic heterocycles. The van der Waals surface area contributed by atoms with Crippen LogP contribution in [0.15, 0.2) is 30.5 Å². The van der Waals surface area contributed by atoms with Crippen LogP contribution in [0.3, 0.4) is 0 Å². The molecule has 4 rings (SSSR count). The summed E-state index contributed by atoms with van der Waals surface area (Å²) in [5, 5.41) is 2.54. The Morgan fingerprint density at radius 1 is 1.21 bits per heavy atom. The zero-order valence-corrected chi connectivity index (χ0v) is 20.7. The molecular formula is C24H33BN4O5. The van der Waals surface area contributed by atoms with Crippen molar-refractivity contribution in [3.8, 4) is 11.3 Å². The summed E-state index contributed by atoms with van der Waals surface area (Å²) in [5.74, 6) is 0.582. The van der Waals surface area contributed by atoms with E-state index in [-0.39, 0.29) is 23.2 Å². The number of H-pyrrole nitrogens is 1. The standard InChI is InChI=1S/C24H33BN4O5/c1-15(27-22(31)32-6)21(30)29-13-7-8-19(29)20-26-14-18(28-20)16-9-11-17(12-10-16)25-33-23(2,3)24(4,5)34-25/h9-12,14-15,19H,7-8,13H2,1-6H3,(H,26,28)(H,27,31)/t15-,19+/m1/s1. The van der Waals surface area contributed by atoms with Crippen LogP contribution in [0.1, 0.15) is 59.3 Å². The van der Waals surface area contributed by atoms with E-state index in [0.717, 1.165) is 35.4 Å². The van der Waals surface area contributed by atoms with Gasteiger partial charge in [-0.15, -0.1) is 0 Å². The highest BCUT2D eigenvalue weighted by molar-refractivity contribution is 6.62. The topological polar surface area (TPSA) is 106 Å². The van der Waals surface area contributed by atoms with Crippen molar-refractivity contribution < 1.29 is 23.6 Å². The maximum atomic E-state index is 12.9. The first-order chi connectivity index (χ1) is 16.0. The quantitative estimate of drug-likeness (QED) is 0.654. The molecule has 0 unspecified atom stereocenters. The highest BCUT2D eigenvalue weighted by Crippen LogP contribution is 2.36. The first-order valence-corrected chi connectivity index (χ1v) is 11.7. The van der Waals surface area contributed by atoms with Gasteiger partial charge in [0.2, 0.25) is 5.91 Å². The Morgan fingerprint density at radius 3 is 2.47 bits per heavy atom. The van der Waals surface area contributed by atoms with Crippen LogP contribution in [0.4, 0.5) is 4.79 Å². The Morgan fingerprint density at radius 2 is 1.85 bits per heavy atom. The second kappa shape index (κ2) is 9.07. The normalized spacial score (nSPS) is 22.0. The van der Waals surface area contributed by atoms with Crippen LogP contribution in [0.2, 0.25) is 0 Å². The second-order valence-corrected chi connectivity index (χ2v) is 9.94. The van der Waals surface area contributed by atoms with Gasteiger partial charge in [-0.3, -0.25) is 4.79 Å². The molecule has 2 aromatic rings. The second-order valence-electron chi connectivity index (χ2n) is 9.94. The van der Waals surface area contributed by atoms with Gasteiger partial charge < -0.3 is 29.2 Å². The lowest BCUT2D eigenvalue weighted by atomic mass is 9.79. The van der Waals surface area contributed by atoms with E-state index < -0.39 is 19.3 Å². The number of carbonyl (C=O) groups excluding carboxylic acids is 2. The molecule has 2 N–H and O–H groups in total. The average Bonchev–Trinajstić information content (AvgIpc) is 3.51. The van der Waals surface area contributed by atoms with Crippen molar-refractivity contribution in [1.29, 1.82) is 0 Å². The van der Waals surface area contributed by atoms with Crippen molar-refractivity contribution in [3.63, 3.8) is 0 Å². The third-order valence-electron chi connectivity index (χ3n) is 7.08. The fraction of sp³-hybridized carbons (Fsp3) is 0.542. The zero-order chi connectivity index (χ0) is 24.7. The summed E-state index contributed by atoms with van der Waals surface area (Å²) < 4.78 is 16.9. The molecule has 10 heteroatoms. The van der Waals surface area contributed by atoms with E-state index in [4.69, 9.17) is 9.31 Å². The number of imidazole rings is 1. The Balaban J connectivity index is 1.46. The van der Waals surface area contributed by atoms with Crippen molar-refractivity contribution >= 4 is 24.6 Å². The molecule has 1 aromatic carbocycles. The third-order valence-corrected chi connectivity index (χ3v) is 7.08. The Kier molecular flexibility index (Phi) is 6.48. The number of nitrogens with one attached hydrogen (secondary N) is 2. The molecule has 0 aliphatic carbocycles. The number of nitrogens with zero attached hydrogens (tertiary/aromatic N) is 2. The molecule has 34 heavy (non-hydrogen) atoms. The zero-order valence-electron chi connectivity index (χ0n) is 20.7. The molecule has 0 radical (unpaired) electrons. The van der Waals surface area contributed by atoms with Crippen LogP contribution in [-0.2, 0) is 18.8 Å². The van der Waals surface area contributed by atoms with Crippen LogP contribution in [0.25, 0.3) is 11.3 Å². The van der Waals surface area contributed by atoms with Crippen molar-refractivity contribution in [2.45, 2.75) is 70.7 Å². The summed E-state index contributed by atoms with van der Waals surface area (Å²) in [5.41, 5.74) is 2.04. The van der Waals surface area contributed by atoms with Gasteiger partial charge in [0.1, 0.15) is 11.9 Å². The smallest absolute Gasteiger partial charge is 0.453 e. The van der Waals surface area contributed by atoms with Gasteiger partial charge in [-0.2, -0.15) is 0 Å². The minimum Gasteiger partial charge on any atom is -0.453 e. The molecule has 3 heterocycles. The minimum absolute atomic E-state index is 0.155. The molecule has 2 aliphatic rings. The average molecular weight is 468 g/mol. The fourth-order valence-corrected chi connectivity index (χ4v) is 4.31. The molecule has 0 saturated carbocycles. The number of alkyl carbamates (subject to hydrolysis) is 1. The summed E-state index contributed by atoms with van der Waals surface area (Å²) in [6.45, 7) is 10.4. The Bertz CT molecular complexity index is 1040. The third kappa shape index (κ3) is 4.56. The highest BCUT2D eigenvalue weighted by Gasteiger charge is 2.51. The van der Waals surface area contributed by atoms with Gasteiger partial charge in [0.15, 0.2) is 0 Å². The monoisotopic (exact) mass is 468 g/mol. The summed E-state index contributed by atoms with van der Waals surface area (Å²) in [6, 6.07) is 7.19. The number of carbonyl (C=O) groups is 2. The van der Waals surface area contributed by atoms with Crippen molar-refractivity contribution in [2.75, 3.05) is 13.7 Å². The van der Waals surface area contributed by atoms with Gasteiger partial charge in [0.25, 0.3) is 0 Å². The van der Waals surface area contributed by atoms with Crippen LogP contribution in [0.5, 0.6) is 0 Å². The number of likely N-dealkylation sites (tertiary alicyclic amines) is 1. The molecule has 2 atom stereocenters. The van der Waals surface area contributed by atoms with Crippen LogP contribution in [-0.4, -0.2) is 64.9 Å². The fourth-order valence-electron chi connectivity index (χ4n) is 4.31.